The number of fused-ring (bicyclic) bond motifs is 1. The fraction of sp³-hybridized carbons (Fsp3) is 0.769. The second kappa shape index (κ2) is 5.68. The van der Waals surface area contributed by atoms with Gasteiger partial charge in [0.05, 0.1) is 31.1 Å². The molecule has 0 N–H and O–H groups in total. The standard InChI is InChI=1S/C13H21N3O4S/c1-15-9-11(8-14-15)21(17,18)16-5-6-20-13-4-3-10(19-2)7-12(13)16/h8-10,12-13H,3-7H2,1-2H3/t10-,12-,13-/m1/s1. The third kappa shape index (κ3) is 2.73. The van der Waals surface area contributed by atoms with Crippen molar-refractivity contribution >= 4 is 10.0 Å². The average Bonchev–Trinajstić information content (AvgIpc) is 2.93. The molecule has 2 fully saturated rings. The van der Waals surface area contributed by atoms with Crippen molar-refractivity contribution < 1.29 is 17.9 Å². The number of aromatic nitrogens is 2. The van der Waals surface area contributed by atoms with Crippen LogP contribution in [0, 0.1) is 0 Å². The maximum absolute atomic E-state index is 12.8. The number of methoxy groups -OCH3 is 1. The highest BCUT2D eigenvalue weighted by Gasteiger charge is 2.43. The zero-order valence-electron chi connectivity index (χ0n) is 12.3. The van der Waals surface area contributed by atoms with Gasteiger partial charge in [-0.2, -0.15) is 9.40 Å². The molecule has 8 heteroatoms. The Hall–Kier alpha value is -0.960. The average molecular weight is 315 g/mol. The first-order valence-corrected chi connectivity index (χ1v) is 8.61. The molecule has 3 rings (SSSR count). The molecule has 2 heterocycles. The van der Waals surface area contributed by atoms with Crippen LogP contribution in [0.1, 0.15) is 19.3 Å². The molecule has 0 unspecified atom stereocenters. The summed E-state index contributed by atoms with van der Waals surface area (Å²) in [5.41, 5.74) is 0. The molecule has 0 aromatic carbocycles. The molecule has 1 aromatic heterocycles. The van der Waals surface area contributed by atoms with Gasteiger partial charge in [0, 0.05) is 26.9 Å². The maximum Gasteiger partial charge on any atom is 0.246 e. The van der Waals surface area contributed by atoms with Gasteiger partial charge in [0.1, 0.15) is 4.90 Å². The van der Waals surface area contributed by atoms with Crippen LogP contribution in [0.2, 0.25) is 0 Å². The van der Waals surface area contributed by atoms with Crippen molar-refractivity contribution in [3.8, 4) is 0 Å². The van der Waals surface area contributed by atoms with Crippen LogP contribution in [0.3, 0.4) is 0 Å². The molecule has 1 saturated carbocycles. The van der Waals surface area contributed by atoms with Crippen LogP contribution >= 0.6 is 0 Å². The summed E-state index contributed by atoms with van der Waals surface area (Å²) in [5.74, 6) is 0. The van der Waals surface area contributed by atoms with Crippen molar-refractivity contribution in [2.45, 2.75) is 42.4 Å². The van der Waals surface area contributed by atoms with E-state index in [-0.39, 0.29) is 23.1 Å². The summed E-state index contributed by atoms with van der Waals surface area (Å²) in [4.78, 5) is 0.241. The lowest BCUT2D eigenvalue weighted by atomic mass is 9.89. The number of hydrogen-bond donors (Lipinski definition) is 0. The van der Waals surface area contributed by atoms with Crippen molar-refractivity contribution in [2.75, 3.05) is 20.3 Å². The summed E-state index contributed by atoms with van der Waals surface area (Å²) in [7, 11) is -0.143. The van der Waals surface area contributed by atoms with E-state index >= 15 is 0 Å². The van der Waals surface area contributed by atoms with Crippen molar-refractivity contribution in [1.82, 2.24) is 14.1 Å². The number of sulfonamides is 1. The van der Waals surface area contributed by atoms with Gasteiger partial charge >= 0.3 is 0 Å². The van der Waals surface area contributed by atoms with Gasteiger partial charge in [0.25, 0.3) is 0 Å². The van der Waals surface area contributed by atoms with Gasteiger partial charge < -0.3 is 9.47 Å². The van der Waals surface area contributed by atoms with Gasteiger partial charge in [-0.25, -0.2) is 8.42 Å². The SMILES string of the molecule is CO[C@@H]1CC[C@H]2OCCN(S(=O)(=O)c3cnn(C)c3)[C@@H]2C1. The zero-order valence-corrected chi connectivity index (χ0v) is 13.1. The smallest absolute Gasteiger partial charge is 0.246 e. The fourth-order valence-electron chi connectivity index (χ4n) is 3.22. The molecular formula is C13H21N3O4S. The Kier molecular flexibility index (Phi) is 4.04. The molecule has 7 nitrogen and oxygen atoms in total. The topological polar surface area (TPSA) is 73.7 Å². The van der Waals surface area contributed by atoms with E-state index in [2.05, 4.69) is 5.10 Å². The zero-order chi connectivity index (χ0) is 15.0. The summed E-state index contributed by atoms with van der Waals surface area (Å²) >= 11 is 0. The van der Waals surface area contributed by atoms with E-state index in [1.165, 1.54) is 17.1 Å². The van der Waals surface area contributed by atoms with Gasteiger partial charge in [0.15, 0.2) is 0 Å². The van der Waals surface area contributed by atoms with Crippen molar-refractivity contribution in [1.29, 1.82) is 0 Å². The number of morpholine rings is 1. The van der Waals surface area contributed by atoms with Gasteiger partial charge in [-0.1, -0.05) is 0 Å². The Morgan fingerprint density at radius 2 is 2.24 bits per heavy atom. The fourth-order valence-corrected chi connectivity index (χ4v) is 4.85. The highest BCUT2D eigenvalue weighted by molar-refractivity contribution is 7.89. The highest BCUT2D eigenvalue weighted by atomic mass is 32.2. The maximum atomic E-state index is 12.8. The molecule has 1 aromatic rings. The Morgan fingerprint density at radius 3 is 2.90 bits per heavy atom. The van der Waals surface area contributed by atoms with Gasteiger partial charge in [-0.05, 0) is 19.3 Å². The molecule has 0 spiro atoms. The Bertz CT molecular complexity index is 600. The Labute approximate surface area is 124 Å². The summed E-state index contributed by atoms with van der Waals surface area (Å²) in [6.07, 6.45) is 5.44. The van der Waals surface area contributed by atoms with E-state index in [1.54, 1.807) is 18.5 Å². The van der Waals surface area contributed by atoms with E-state index in [4.69, 9.17) is 9.47 Å². The summed E-state index contributed by atoms with van der Waals surface area (Å²) in [5, 5.41) is 3.97. The molecule has 1 aliphatic carbocycles. The van der Waals surface area contributed by atoms with Crippen LogP contribution < -0.4 is 0 Å². The first kappa shape index (κ1) is 15.0. The monoisotopic (exact) mass is 315 g/mol. The lowest BCUT2D eigenvalue weighted by Gasteiger charge is -2.44. The van der Waals surface area contributed by atoms with E-state index in [0.717, 1.165) is 12.8 Å². The highest BCUT2D eigenvalue weighted by Crippen LogP contribution is 2.33. The Morgan fingerprint density at radius 1 is 1.43 bits per heavy atom. The van der Waals surface area contributed by atoms with E-state index in [1.807, 2.05) is 0 Å². The van der Waals surface area contributed by atoms with Crippen molar-refractivity contribution in [3.05, 3.63) is 12.4 Å². The normalized spacial score (nSPS) is 31.0. The predicted molar refractivity (Wildman–Crippen MR) is 75.3 cm³/mol. The first-order valence-electron chi connectivity index (χ1n) is 7.17. The first-order chi connectivity index (χ1) is 10.0. The molecule has 0 bridgehead atoms. The molecule has 0 amide bonds. The predicted octanol–water partition coefficient (Wildman–Crippen LogP) is 0.377. The van der Waals surface area contributed by atoms with Gasteiger partial charge in [0.2, 0.25) is 10.0 Å². The minimum absolute atomic E-state index is 0.0309. The van der Waals surface area contributed by atoms with Crippen LogP contribution in [0.5, 0.6) is 0 Å². The molecule has 3 atom stereocenters. The van der Waals surface area contributed by atoms with Crippen LogP contribution in [0.15, 0.2) is 17.3 Å². The lowest BCUT2D eigenvalue weighted by Crippen LogP contribution is -2.56. The van der Waals surface area contributed by atoms with E-state index in [9.17, 15) is 8.42 Å². The quantitative estimate of drug-likeness (QED) is 0.806. The minimum Gasteiger partial charge on any atom is -0.381 e. The second-order valence-corrected chi connectivity index (χ2v) is 7.50. The molecular weight excluding hydrogens is 294 g/mol. The summed E-state index contributed by atoms with van der Waals surface area (Å²) < 4.78 is 39.9. The van der Waals surface area contributed by atoms with Crippen molar-refractivity contribution in [3.63, 3.8) is 0 Å². The van der Waals surface area contributed by atoms with Crippen LogP contribution in [0.25, 0.3) is 0 Å². The second-order valence-electron chi connectivity index (χ2n) is 5.61. The molecule has 1 saturated heterocycles. The molecule has 21 heavy (non-hydrogen) atoms. The van der Waals surface area contributed by atoms with Gasteiger partial charge in [-0.3, -0.25) is 4.68 Å². The van der Waals surface area contributed by atoms with Crippen LogP contribution in [0.4, 0.5) is 0 Å². The van der Waals surface area contributed by atoms with Crippen LogP contribution in [-0.2, 0) is 26.5 Å². The number of nitrogens with zero attached hydrogens (tertiary/aromatic N) is 3. The Balaban J connectivity index is 1.89. The molecule has 118 valence electrons. The number of hydrogen-bond acceptors (Lipinski definition) is 5. The van der Waals surface area contributed by atoms with Crippen molar-refractivity contribution in [2.24, 2.45) is 7.05 Å². The third-order valence-corrected chi connectivity index (χ3v) is 6.22. The molecule has 1 aliphatic heterocycles. The lowest BCUT2D eigenvalue weighted by molar-refractivity contribution is -0.0883. The minimum atomic E-state index is -3.53. The summed E-state index contributed by atoms with van der Waals surface area (Å²) in [6, 6.07) is -0.150. The molecule has 0 radical (unpaired) electrons. The molecule has 2 aliphatic rings. The number of aryl methyl sites for hydroxylation is 1. The van der Waals surface area contributed by atoms with E-state index in [0.29, 0.717) is 19.6 Å². The summed E-state index contributed by atoms with van der Waals surface area (Å²) in [6.45, 7) is 0.827. The van der Waals surface area contributed by atoms with E-state index < -0.39 is 10.0 Å². The van der Waals surface area contributed by atoms with Crippen LogP contribution in [-0.4, -0.2) is 61.0 Å². The largest absolute Gasteiger partial charge is 0.381 e. The number of rotatable bonds is 3. The third-order valence-electron chi connectivity index (χ3n) is 4.34. The number of ether oxygens (including phenoxy) is 2. The van der Waals surface area contributed by atoms with Gasteiger partial charge in [-0.15, -0.1) is 0 Å².